The van der Waals surface area contributed by atoms with E-state index >= 15 is 0 Å². The van der Waals surface area contributed by atoms with Crippen LogP contribution in [0.15, 0.2) is 42.5 Å². The third kappa shape index (κ3) is 7.12. The Bertz CT molecular complexity index is 779. The molecule has 5 nitrogen and oxygen atoms in total. The van der Waals surface area contributed by atoms with Gasteiger partial charge in [0.1, 0.15) is 5.75 Å². The number of halogens is 2. The molecule has 2 N–H and O–H groups in total. The zero-order chi connectivity index (χ0) is 19.6. The van der Waals surface area contributed by atoms with Crippen molar-refractivity contribution in [3.8, 4) is 5.75 Å². The average molecular weight is 409 g/mol. The van der Waals surface area contributed by atoms with E-state index in [-0.39, 0.29) is 36.5 Å². The summed E-state index contributed by atoms with van der Waals surface area (Å²) in [7, 11) is 0. The Labute approximate surface area is 169 Å². The van der Waals surface area contributed by atoms with E-state index in [1.165, 1.54) is 11.6 Å². The van der Waals surface area contributed by atoms with Gasteiger partial charge >= 0.3 is 0 Å². The largest absolute Gasteiger partial charge is 0.484 e. The topological polar surface area (TPSA) is 67.4 Å². The maximum atomic E-state index is 12.0. The van der Waals surface area contributed by atoms with Crippen LogP contribution in [0.1, 0.15) is 29.3 Å². The van der Waals surface area contributed by atoms with Gasteiger partial charge in [-0.25, -0.2) is 0 Å². The summed E-state index contributed by atoms with van der Waals surface area (Å²) in [5, 5.41) is 6.11. The lowest BCUT2D eigenvalue weighted by molar-refractivity contribution is -0.123. The molecule has 0 aliphatic heterocycles. The van der Waals surface area contributed by atoms with Crippen molar-refractivity contribution in [2.45, 2.75) is 19.8 Å². The normalized spacial score (nSPS) is 10.3. The van der Waals surface area contributed by atoms with Gasteiger partial charge in [-0.15, -0.1) is 0 Å². The highest BCUT2D eigenvalue weighted by molar-refractivity contribution is 6.36. The molecule has 2 aromatic carbocycles. The zero-order valence-electron chi connectivity index (χ0n) is 15.1. The Balaban J connectivity index is 1.66. The van der Waals surface area contributed by atoms with Gasteiger partial charge in [-0.1, -0.05) is 48.7 Å². The second-order valence-electron chi connectivity index (χ2n) is 5.91. The molecule has 7 heteroatoms. The van der Waals surface area contributed by atoms with Gasteiger partial charge in [0.2, 0.25) is 0 Å². The number of rotatable bonds is 9. The second-order valence-corrected chi connectivity index (χ2v) is 6.76. The van der Waals surface area contributed by atoms with Crippen molar-refractivity contribution < 1.29 is 14.3 Å². The molecule has 2 amide bonds. The van der Waals surface area contributed by atoms with E-state index in [2.05, 4.69) is 17.6 Å². The first kappa shape index (κ1) is 21.1. The fourth-order valence-corrected chi connectivity index (χ4v) is 2.88. The van der Waals surface area contributed by atoms with E-state index in [4.69, 9.17) is 27.9 Å². The molecule has 0 aliphatic carbocycles. The maximum absolute atomic E-state index is 12.0. The SMILES string of the molecule is CCCc1ccc(OCC(=O)NCCNC(=O)c2ccc(Cl)cc2Cl)cc1. The number of benzene rings is 2. The highest BCUT2D eigenvalue weighted by Crippen LogP contribution is 2.20. The first-order valence-corrected chi connectivity index (χ1v) is 9.47. The summed E-state index contributed by atoms with van der Waals surface area (Å²) in [5.41, 5.74) is 1.58. The minimum absolute atomic E-state index is 0.0793. The van der Waals surface area contributed by atoms with E-state index in [0.717, 1.165) is 12.8 Å². The van der Waals surface area contributed by atoms with Crippen molar-refractivity contribution in [3.05, 3.63) is 63.6 Å². The van der Waals surface area contributed by atoms with Crippen LogP contribution in [0.5, 0.6) is 5.75 Å². The molecule has 0 saturated carbocycles. The number of hydrogen-bond donors (Lipinski definition) is 2. The molecule has 2 rings (SSSR count). The molecule has 0 radical (unpaired) electrons. The smallest absolute Gasteiger partial charge is 0.258 e. The molecule has 0 bridgehead atoms. The van der Waals surface area contributed by atoms with Crippen LogP contribution in [-0.2, 0) is 11.2 Å². The molecule has 2 aromatic rings. The molecule has 0 heterocycles. The molecule has 0 spiro atoms. The van der Waals surface area contributed by atoms with Crippen LogP contribution in [0.25, 0.3) is 0 Å². The Morgan fingerprint density at radius 3 is 2.37 bits per heavy atom. The van der Waals surface area contributed by atoms with E-state index in [1.54, 1.807) is 12.1 Å². The summed E-state index contributed by atoms with van der Waals surface area (Å²) in [5.74, 6) is 0.0661. The van der Waals surface area contributed by atoms with Crippen molar-refractivity contribution in [1.82, 2.24) is 10.6 Å². The van der Waals surface area contributed by atoms with Crippen LogP contribution in [-0.4, -0.2) is 31.5 Å². The summed E-state index contributed by atoms with van der Waals surface area (Å²) in [4.78, 5) is 23.8. The van der Waals surface area contributed by atoms with Gasteiger partial charge in [-0.2, -0.15) is 0 Å². The summed E-state index contributed by atoms with van der Waals surface area (Å²) in [6.07, 6.45) is 2.11. The van der Waals surface area contributed by atoms with Crippen molar-refractivity contribution in [2.24, 2.45) is 0 Å². The van der Waals surface area contributed by atoms with E-state index < -0.39 is 0 Å². The molecule has 0 unspecified atom stereocenters. The molecule has 0 aromatic heterocycles. The number of ether oxygens (including phenoxy) is 1. The van der Waals surface area contributed by atoms with Crippen molar-refractivity contribution >= 4 is 35.0 Å². The highest BCUT2D eigenvalue weighted by Gasteiger charge is 2.10. The predicted molar refractivity (Wildman–Crippen MR) is 108 cm³/mol. The number of amides is 2. The number of aryl methyl sites for hydroxylation is 1. The highest BCUT2D eigenvalue weighted by atomic mass is 35.5. The van der Waals surface area contributed by atoms with E-state index in [0.29, 0.717) is 16.3 Å². The standard InChI is InChI=1S/C20H22Cl2N2O3/c1-2-3-14-4-7-16(8-5-14)27-13-19(25)23-10-11-24-20(26)17-9-6-15(21)12-18(17)22/h4-9,12H,2-3,10-11,13H2,1H3,(H,23,25)(H,24,26). The molecule has 0 fully saturated rings. The number of hydrogen-bond acceptors (Lipinski definition) is 3. The van der Waals surface area contributed by atoms with Gasteiger partial charge in [0.25, 0.3) is 11.8 Å². The number of carbonyl (C=O) groups is 2. The molecular formula is C20H22Cl2N2O3. The lowest BCUT2D eigenvalue weighted by Gasteiger charge is -2.09. The van der Waals surface area contributed by atoms with Crippen LogP contribution in [0.3, 0.4) is 0 Å². The molecule has 27 heavy (non-hydrogen) atoms. The van der Waals surface area contributed by atoms with Crippen LogP contribution < -0.4 is 15.4 Å². The number of carbonyl (C=O) groups excluding carboxylic acids is 2. The summed E-state index contributed by atoms with van der Waals surface area (Å²) < 4.78 is 5.45. The van der Waals surface area contributed by atoms with Crippen LogP contribution in [0.2, 0.25) is 10.0 Å². The second kappa shape index (κ2) is 10.8. The van der Waals surface area contributed by atoms with Crippen LogP contribution >= 0.6 is 23.2 Å². The first-order chi connectivity index (χ1) is 13.0. The Morgan fingerprint density at radius 2 is 1.70 bits per heavy atom. The monoisotopic (exact) mass is 408 g/mol. The number of nitrogens with one attached hydrogen (secondary N) is 2. The van der Waals surface area contributed by atoms with Crippen LogP contribution in [0, 0.1) is 0 Å². The zero-order valence-corrected chi connectivity index (χ0v) is 16.6. The minimum Gasteiger partial charge on any atom is -0.484 e. The van der Waals surface area contributed by atoms with Crippen molar-refractivity contribution in [3.63, 3.8) is 0 Å². The third-order valence-electron chi connectivity index (χ3n) is 3.74. The van der Waals surface area contributed by atoms with Crippen molar-refractivity contribution in [1.29, 1.82) is 0 Å². The van der Waals surface area contributed by atoms with Gasteiger partial charge in [-0.3, -0.25) is 9.59 Å². The average Bonchev–Trinajstić information content (AvgIpc) is 2.65. The third-order valence-corrected chi connectivity index (χ3v) is 4.29. The first-order valence-electron chi connectivity index (χ1n) is 8.71. The maximum Gasteiger partial charge on any atom is 0.258 e. The van der Waals surface area contributed by atoms with Crippen LogP contribution in [0.4, 0.5) is 0 Å². The fourth-order valence-electron chi connectivity index (χ4n) is 2.39. The van der Waals surface area contributed by atoms with Gasteiger partial charge < -0.3 is 15.4 Å². The minimum atomic E-state index is -0.325. The van der Waals surface area contributed by atoms with E-state index in [9.17, 15) is 9.59 Å². The molecule has 144 valence electrons. The summed E-state index contributed by atoms with van der Waals surface area (Å²) in [6.45, 7) is 2.61. The molecule has 0 atom stereocenters. The molecule has 0 saturated heterocycles. The molecular weight excluding hydrogens is 387 g/mol. The Hall–Kier alpha value is -2.24. The van der Waals surface area contributed by atoms with Gasteiger partial charge in [0.05, 0.1) is 10.6 Å². The van der Waals surface area contributed by atoms with Gasteiger partial charge in [0.15, 0.2) is 6.61 Å². The van der Waals surface area contributed by atoms with Gasteiger partial charge in [-0.05, 0) is 42.3 Å². The van der Waals surface area contributed by atoms with Crippen molar-refractivity contribution in [2.75, 3.05) is 19.7 Å². The molecule has 0 aliphatic rings. The quantitative estimate of drug-likeness (QED) is 0.618. The Kier molecular flexibility index (Phi) is 8.43. The lowest BCUT2D eigenvalue weighted by Crippen LogP contribution is -2.36. The fraction of sp³-hybridized carbons (Fsp3) is 0.300. The summed E-state index contributed by atoms with van der Waals surface area (Å²) >= 11 is 11.8. The summed E-state index contributed by atoms with van der Waals surface area (Å²) in [6, 6.07) is 12.4. The lowest BCUT2D eigenvalue weighted by atomic mass is 10.1. The van der Waals surface area contributed by atoms with Gasteiger partial charge in [0, 0.05) is 18.1 Å². The van der Waals surface area contributed by atoms with E-state index in [1.807, 2.05) is 24.3 Å². The predicted octanol–water partition coefficient (Wildman–Crippen LogP) is 3.87. The Morgan fingerprint density at radius 1 is 1.00 bits per heavy atom.